The Bertz CT molecular complexity index is 119. The van der Waals surface area contributed by atoms with Gasteiger partial charge in [-0.15, -0.1) is 0 Å². The van der Waals surface area contributed by atoms with Crippen LogP contribution in [0.1, 0.15) is 13.3 Å². The molecule has 3 N–H and O–H groups in total. The number of nitrogens with zero attached hydrogens (tertiary/aromatic N) is 1. The Labute approximate surface area is 55.3 Å². The van der Waals surface area contributed by atoms with E-state index in [4.69, 9.17) is 5.73 Å². The van der Waals surface area contributed by atoms with Gasteiger partial charge in [-0.25, -0.2) is 0 Å². The lowest BCUT2D eigenvalue weighted by molar-refractivity contribution is 0.609. The number of nitrogens with one attached hydrogen (secondary N) is 1. The molecule has 0 bridgehead atoms. The molecule has 1 rings (SSSR count). The van der Waals surface area contributed by atoms with Gasteiger partial charge in [-0.2, -0.15) is 0 Å². The molecule has 52 valence electrons. The van der Waals surface area contributed by atoms with Crippen molar-refractivity contribution in [2.75, 3.05) is 13.1 Å². The van der Waals surface area contributed by atoms with Gasteiger partial charge in [-0.05, 0) is 19.9 Å². The summed E-state index contributed by atoms with van der Waals surface area (Å²) in [6, 6.07) is 0.509. The molecule has 0 fully saturated rings. The van der Waals surface area contributed by atoms with Gasteiger partial charge in [0.2, 0.25) is 0 Å². The number of aliphatic imine (C=N–C) groups is 1. The molecule has 1 atom stereocenters. The molecule has 1 heterocycles. The van der Waals surface area contributed by atoms with Crippen LogP contribution < -0.4 is 11.1 Å². The van der Waals surface area contributed by atoms with Crippen molar-refractivity contribution in [3.63, 3.8) is 0 Å². The molecule has 0 amide bonds. The van der Waals surface area contributed by atoms with Crippen LogP contribution in [-0.4, -0.2) is 25.0 Å². The second-order valence-corrected chi connectivity index (χ2v) is 2.34. The van der Waals surface area contributed by atoms with Crippen molar-refractivity contribution in [3.8, 4) is 0 Å². The third-order valence-electron chi connectivity index (χ3n) is 1.48. The summed E-state index contributed by atoms with van der Waals surface area (Å²) in [5, 5.41) is 3.22. The number of nitrogens with two attached hydrogens (primary N) is 1. The van der Waals surface area contributed by atoms with E-state index in [-0.39, 0.29) is 0 Å². The van der Waals surface area contributed by atoms with Crippen LogP contribution in [0.2, 0.25) is 0 Å². The fraction of sp³-hybridized carbons (Fsp3) is 0.833. The summed E-state index contributed by atoms with van der Waals surface area (Å²) in [7, 11) is 0. The lowest BCUT2D eigenvalue weighted by Gasteiger charge is -2.07. The van der Waals surface area contributed by atoms with Gasteiger partial charge in [0.25, 0.3) is 0 Å². The van der Waals surface area contributed by atoms with Crippen molar-refractivity contribution in [3.05, 3.63) is 0 Å². The van der Waals surface area contributed by atoms with E-state index in [2.05, 4.69) is 10.3 Å². The maximum absolute atomic E-state index is 5.36. The standard InChI is InChI=1S/C6H13N3/c1-5-8-4-6(9-5)2-3-7/h6H,2-4,7H2,1H3,(H,8,9)/t6-/m0/s1. The summed E-state index contributed by atoms with van der Waals surface area (Å²) in [6.07, 6.45) is 1.03. The van der Waals surface area contributed by atoms with Crippen molar-refractivity contribution < 1.29 is 0 Å². The quantitative estimate of drug-likeness (QED) is 0.536. The Morgan fingerprint density at radius 3 is 3.11 bits per heavy atom. The lowest BCUT2D eigenvalue weighted by atomic mass is 10.2. The zero-order valence-electron chi connectivity index (χ0n) is 5.72. The Morgan fingerprint density at radius 1 is 1.89 bits per heavy atom. The fourth-order valence-corrected chi connectivity index (χ4v) is 0.998. The predicted molar refractivity (Wildman–Crippen MR) is 38.6 cm³/mol. The molecule has 0 saturated carbocycles. The summed E-state index contributed by atoms with van der Waals surface area (Å²) in [4.78, 5) is 4.19. The average Bonchev–Trinajstić information content (AvgIpc) is 2.17. The molecule has 1 aliphatic heterocycles. The monoisotopic (exact) mass is 127 g/mol. The molecule has 0 radical (unpaired) electrons. The first-order valence-corrected chi connectivity index (χ1v) is 3.30. The van der Waals surface area contributed by atoms with Gasteiger partial charge in [-0.3, -0.25) is 4.99 Å². The maximum Gasteiger partial charge on any atom is 0.0935 e. The minimum absolute atomic E-state index is 0.509. The van der Waals surface area contributed by atoms with Crippen LogP contribution in [-0.2, 0) is 0 Å². The van der Waals surface area contributed by atoms with Crippen molar-refractivity contribution in [1.82, 2.24) is 5.32 Å². The van der Waals surface area contributed by atoms with Crippen LogP contribution in [0.3, 0.4) is 0 Å². The number of amidine groups is 1. The molecule has 0 saturated heterocycles. The fourth-order valence-electron chi connectivity index (χ4n) is 0.998. The Balaban J connectivity index is 2.21. The molecule has 0 aromatic rings. The van der Waals surface area contributed by atoms with E-state index in [9.17, 15) is 0 Å². The van der Waals surface area contributed by atoms with Crippen LogP contribution in [0.25, 0.3) is 0 Å². The smallest absolute Gasteiger partial charge is 0.0935 e. The van der Waals surface area contributed by atoms with E-state index < -0.39 is 0 Å². The molecule has 0 aromatic heterocycles. The van der Waals surface area contributed by atoms with Gasteiger partial charge in [-0.1, -0.05) is 0 Å². The maximum atomic E-state index is 5.36. The van der Waals surface area contributed by atoms with Crippen molar-refractivity contribution in [2.45, 2.75) is 19.4 Å². The molecule has 3 heteroatoms. The van der Waals surface area contributed by atoms with E-state index >= 15 is 0 Å². The van der Waals surface area contributed by atoms with E-state index in [1.807, 2.05) is 6.92 Å². The molecular weight excluding hydrogens is 114 g/mol. The normalized spacial score (nSPS) is 25.6. The van der Waals surface area contributed by atoms with Gasteiger partial charge < -0.3 is 11.1 Å². The Kier molecular flexibility index (Phi) is 2.05. The van der Waals surface area contributed by atoms with Crippen LogP contribution in [0.15, 0.2) is 4.99 Å². The summed E-state index contributed by atoms with van der Waals surface area (Å²) >= 11 is 0. The van der Waals surface area contributed by atoms with Crippen molar-refractivity contribution in [1.29, 1.82) is 0 Å². The van der Waals surface area contributed by atoms with E-state index in [0.717, 1.165) is 25.3 Å². The highest BCUT2D eigenvalue weighted by Crippen LogP contribution is 1.97. The third kappa shape index (κ3) is 1.68. The third-order valence-corrected chi connectivity index (χ3v) is 1.48. The minimum atomic E-state index is 0.509. The first-order valence-electron chi connectivity index (χ1n) is 3.30. The Morgan fingerprint density at radius 2 is 2.67 bits per heavy atom. The molecule has 0 aromatic carbocycles. The van der Waals surface area contributed by atoms with E-state index in [1.165, 1.54) is 0 Å². The first kappa shape index (κ1) is 6.55. The molecule has 0 aliphatic carbocycles. The second kappa shape index (κ2) is 2.82. The van der Waals surface area contributed by atoms with Crippen molar-refractivity contribution >= 4 is 5.84 Å². The number of rotatable bonds is 2. The highest BCUT2D eigenvalue weighted by atomic mass is 15.1. The van der Waals surface area contributed by atoms with Crippen molar-refractivity contribution in [2.24, 2.45) is 10.7 Å². The summed E-state index contributed by atoms with van der Waals surface area (Å²) in [5.41, 5.74) is 5.36. The topological polar surface area (TPSA) is 50.4 Å². The lowest BCUT2D eigenvalue weighted by Crippen LogP contribution is -2.30. The van der Waals surface area contributed by atoms with Gasteiger partial charge in [0.05, 0.1) is 12.4 Å². The first-order chi connectivity index (χ1) is 4.33. The Hall–Kier alpha value is -0.570. The second-order valence-electron chi connectivity index (χ2n) is 2.34. The van der Waals surface area contributed by atoms with Crippen LogP contribution in [0.5, 0.6) is 0 Å². The average molecular weight is 127 g/mol. The molecule has 9 heavy (non-hydrogen) atoms. The van der Waals surface area contributed by atoms with E-state index in [1.54, 1.807) is 0 Å². The van der Waals surface area contributed by atoms with E-state index in [0.29, 0.717) is 6.04 Å². The SMILES string of the molecule is CC1=NC[C@H](CCN)N1. The van der Waals surface area contributed by atoms with Gasteiger partial charge >= 0.3 is 0 Å². The van der Waals surface area contributed by atoms with Crippen LogP contribution in [0, 0.1) is 0 Å². The highest BCUT2D eigenvalue weighted by molar-refractivity contribution is 5.81. The largest absolute Gasteiger partial charge is 0.369 e. The zero-order valence-corrected chi connectivity index (χ0v) is 5.72. The summed E-state index contributed by atoms with van der Waals surface area (Å²) in [6.45, 7) is 3.64. The molecule has 0 spiro atoms. The number of hydrogen-bond donors (Lipinski definition) is 2. The summed E-state index contributed by atoms with van der Waals surface area (Å²) < 4.78 is 0. The molecule has 3 nitrogen and oxygen atoms in total. The molecule has 0 unspecified atom stereocenters. The summed E-state index contributed by atoms with van der Waals surface area (Å²) in [5.74, 6) is 1.05. The van der Waals surface area contributed by atoms with Crippen LogP contribution >= 0.6 is 0 Å². The number of hydrogen-bond acceptors (Lipinski definition) is 3. The van der Waals surface area contributed by atoms with Gasteiger partial charge in [0.15, 0.2) is 0 Å². The van der Waals surface area contributed by atoms with Gasteiger partial charge in [0.1, 0.15) is 0 Å². The highest BCUT2D eigenvalue weighted by Gasteiger charge is 2.11. The van der Waals surface area contributed by atoms with Gasteiger partial charge in [0, 0.05) is 6.04 Å². The predicted octanol–water partition coefficient (Wildman–Crippen LogP) is -0.275. The zero-order chi connectivity index (χ0) is 6.69. The minimum Gasteiger partial charge on any atom is -0.369 e. The van der Waals surface area contributed by atoms with Crippen LogP contribution in [0.4, 0.5) is 0 Å². The molecular formula is C6H13N3. The molecule has 1 aliphatic rings.